The van der Waals surface area contributed by atoms with Crippen LogP contribution in [0.5, 0.6) is 0 Å². The van der Waals surface area contributed by atoms with Gasteiger partial charge in [0.15, 0.2) is 0 Å². The first-order chi connectivity index (χ1) is 10.9. The smallest absolute Gasteiger partial charge is 0.269 e. The number of benzene rings is 2. The van der Waals surface area contributed by atoms with Gasteiger partial charge in [-0.05, 0) is 37.3 Å². The third-order valence-corrected chi connectivity index (χ3v) is 4.34. The Hall–Kier alpha value is -2.12. The largest absolute Gasteiger partial charge is 0.325 e. The van der Waals surface area contributed by atoms with E-state index in [9.17, 15) is 19.3 Å². The number of carbonyl (C=O) groups excluding carboxylic acids is 1. The summed E-state index contributed by atoms with van der Waals surface area (Å²) < 4.78 is 13.3. The molecule has 0 bridgehead atoms. The molecule has 5 nitrogen and oxygen atoms in total. The lowest BCUT2D eigenvalue weighted by Gasteiger charge is -2.12. The monoisotopic (exact) mass is 354 g/mol. The first-order valence-corrected chi connectivity index (χ1v) is 7.79. The van der Waals surface area contributed by atoms with Crippen molar-refractivity contribution in [3.05, 3.63) is 63.4 Å². The zero-order valence-electron chi connectivity index (χ0n) is 12.0. The lowest BCUT2D eigenvalue weighted by atomic mass is 10.3. The van der Waals surface area contributed by atoms with Crippen LogP contribution in [0.3, 0.4) is 0 Å². The van der Waals surface area contributed by atoms with E-state index in [-0.39, 0.29) is 16.6 Å². The number of nitro groups is 1. The van der Waals surface area contributed by atoms with Crippen LogP contribution in [0, 0.1) is 15.9 Å². The Morgan fingerprint density at radius 3 is 2.52 bits per heavy atom. The Kier molecular flexibility index (Phi) is 5.57. The summed E-state index contributed by atoms with van der Waals surface area (Å²) in [5, 5.41) is 12.7. The van der Waals surface area contributed by atoms with E-state index in [4.69, 9.17) is 11.6 Å². The second-order valence-electron chi connectivity index (χ2n) is 4.63. The maximum atomic E-state index is 13.3. The molecular formula is C15H12ClFN2O3S. The third-order valence-electron chi connectivity index (χ3n) is 2.92. The molecule has 0 fully saturated rings. The Labute approximate surface area is 141 Å². The first kappa shape index (κ1) is 17.2. The Balaban J connectivity index is 1.99. The van der Waals surface area contributed by atoms with Gasteiger partial charge in [0.1, 0.15) is 5.82 Å². The molecule has 0 saturated heterocycles. The van der Waals surface area contributed by atoms with Crippen LogP contribution in [0.1, 0.15) is 6.92 Å². The number of thioether (sulfide) groups is 1. The maximum Gasteiger partial charge on any atom is 0.269 e. The van der Waals surface area contributed by atoms with Gasteiger partial charge in [-0.15, -0.1) is 11.8 Å². The van der Waals surface area contributed by atoms with E-state index in [0.717, 1.165) is 11.0 Å². The van der Waals surface area contributed by atoms with Crippen LogP contribution in [0.15, 0.2) is 47.4 Å². The van der Waals surface area contributed by atoms with Crippen LogP contribution < -0.4 is 5.32 Å². The molecule has 8 heteroatoms. The topological polar surface area (TPSA) is 72.2 Å². The van der Waals surface area contributed by atoms with E-state index < -0.39 is 16.0 Å². The van der Waals surface area contributed by atoms with Gasteiger partial charge in [0.05, 0.1) is 15.2 Å². The van der Waals surface area contributed by atoms with Crippen LogP contribution in [0.4, 0.5) is 15.8 Å². The van der Waals surface area contributed by atoms with Crippen molar-refractivity contribution in [2.45, 2.75) is 17.1 Å². The normalized spacial score (nSPS) is 11.8. The fraction of sp³-hybridized carbons (Fsp3) is 0.133. The van der Waals surface area contributed by atoms with Gasteiger partial charge in [-0.25, -0.2) is 4.39 Å². The quantitative estimate of drug-likeness (QED) is 0.487. The second-order valence-corrected chi connectivity index (χ2v) is 6.45. The molecule has 1 N–H and O–H groups in total. The highest BCUT2D eigenvalue weighted by atomic mass is 35.5. The number of non-ortho nitro benzene ring substituents is 1. The second kappa shape index (κ2) is 7.43. The van der Waals surface area contributed by atoms with E-state index in [1.54, 1.807) is 19.1 Å². The van der Waals surface area contributed by atoms with E-state index in [1.165, 1.54) is 36.0 Å². The minimum atomic E-state index is -0.611. The van der Waals surface area contributed by atoms with Gasteiger partial charge >= 0.3 is 0 Å². The molecule has 0 radical (unpaired) electrons. The molecule has 0 aliphatic carbocycles. The molecule has 23 heavy (non-hydrogen) atoms. The number of hydrogen-bond donors (Lipinski definition) is 1. The zero-order valence-corrected chi connectivity index (χ0v) is 13.5. The van der Waals surface area contributed by atoms with E-state index in [0.29, 0.717) is 5.69 Å². The average molecular weight is 355 g/mol. The molecule has 0 aliphatic heterocycles. The summed E-state index contributed by atoms with van der Waals surface area (Å²) in [5.41, 5.74) is 0.302. The van der Waals surface area contributed by atoms with Crippen LogP contribution in [-0.4, -0.2) is 16.1 Å². The molecule has 1 unspecified atom stereocenters. The van der Waals surface area contributed by atoms with Crippen LogP contribution in [0.25, 0.3) is 0 Å². The van der Waals surface area contributed by atoms with Crippen molar-refractivity contribution in [2.24, 2.45) is 0 Å². The predicted molar refractivity (Wildman–Crippen MR) is 88.5 cm³/mol. The van der Waals surface area contributed by atoms with Gasteiger partial charge in [0.2, 0.25) is 5.91 Å². The van der Waals surface area contributed by atoms with Gasteiger partial charge in [-0.3, -0.25) is 14.9 Å². The maximum absolute atomic E-state index is 13.3. The third kappa shape index (κ3) is 4.67. The van der Waals surface area contributed by atoms with Crippen molar-refractivity contribution in [1.29, 1.82) is 0 Å². The van der Waals surface area contributed by atoms with Gasteiger partial charge in [-0.2, -0.15) is 0 Å². The number of halogens is 2. The Morgan fingerprint density at radius 1 is 1.30 bits per heavy atom. The first-order valence-electron chi connectivity index (χ1n) is 6.54. The number of nitrogens with one attached hydrogen (secondary N) is 1. The van der Waals surface area contributed by atoms with Crippen LogP contribution >= 0.6 is 23.4 Å². The van der Waals surface area contributed by atoms with Crippen molar-refractivity contribution in [3.8, 4) is 0 Å². The minimum absolute atomic E-state index is 0.0110. The van der Waals surface area contributed by atoms with Crippen molar-refractivity contribution in [2.75, 3.05) is 5.32 Å². The van der Waals surface area contributed by atoms with E-state index in [1.807, 2.05) is 0 Å². The number of nitro benzene ring substituents is 1. The molecule has 0 aromatic heterocycles. The zero-order chi connectivity index (χ0) is 17.0. The molecule has 0 saturated carbocycles. The standard InChI is InChI=1S/C15H12ClFN2O3S/c1-9(23-12-5-3-11(4-6-12)19(21)22)15(20)18-10-2-7-13(16)14(17)8-10/h2-9H,1H3,(H,18,20). The van der Waals surface area contributed by atoms with Gasteiger partial charge in [-0.1, -0.05) is 11.6 Å². The number of rotatable bonds is 5. The molecule has 2 aromatic carbocycles. The lowest BCUT2D eigenvalue weighted by Crippen LogP contribution is -2.22. The minimum Gasteiger partial charge on any atom is -0.325 e. The summed E-state index contributed by atoms with van der Waals surface area (Å²) in [6.45, 7) is 1.69. The van der Waals surface area contributed by atoms with Crippen molar-refractivity contribution in [1.82, 2.24) is 0 Å². The predicted octanol–water partition coefficient (Wildman–Crippen LogP) is 4.51. The molecular weight excluding hydrogens is 343 g/mol. The Morgan fingerprint density at radius 2 is 1.96 bits per heavy atom. The molecule has 0 spiro atoms. The fourth-order valence-corrected chi connectivity index (χ4v) is 2.71. The average Bonchev–Trinajstić information content (AvgIpc) is 2.51. The molecule has 1 atom stereocenters. The highest BCUT2D eigenvalue weighted by Crippen LogP contribution is 2.26. The van der Waals surface area contributed by atoms with E-state index in [2.05, 4.69) is 5.32 Å². The summed E-state index contributed by atoms with van der Waals surface area (Å²) >= 11 is 6.83. The number of carbonyl (C=O) groups is 1. The number of amides is 1. The summed E-state index contributed by atoms with van der Waals surface area (Å²) in [6.07, 6.45) is 0. The van der Waals surface area contributed by atoms with Gasteiger partial charge < -0.3 is 5.32 Å². The van der Waals surface area contributed by atoms with E-state index >= 15 is 0 Å². The molecule has 2 aromatic rings. The van der Waals surface area contributed by atoms with Gasteiger partial charge in [0, 0.05) is 22.7 Å². The van der Waals surface area contributed by atoms with Crippen molar-refractivity contribution < 1.29 is 14.1 Å². The van der Waals surface area contributed by atoms with Gasteiger partial charge in [0.25, 0.3) is 5.69 Å². The number of anilines is 1. The van der Waals surface area contributed by atoms with Crippen molar-refractivity contribution in [3.63, 3.8) is 0 Å². The number of nitrogens with zero attached hydrogens (tertiary/aromatic N) is 1. The molecule has 120 valence electrons. The SMILES string of the molecule is CC(Sc1ccc([N+](=O)[O-])cc1)C(=O)Nc1ccc(Cl)c(F)c1. The Bertz CT molecular complexity index is 740. The highest BCUT2D eigenvalue weighted by molar-refractivity contribution is 8.00. The van der Waals surface area contributed by atoms with Crippen LogP contribution in [0.2, 0.25) is 5.02 Å². The summed E-state index contributed by atoms with van der Waals surface area (Å²) in [7, 11) is 0. The summed E-state index contributed by atoms with van der Waals surface area (Å²) in [5.74, 6) is -0.921. The number of hydrogen-bond acceptors (Lipinski definition) is 4. The molecule has 1 amide bonds. The lowest BCUT2D eigenvalue weighted by molar-refractivity contribution is -0.384. The highest BCUT2D eigenvalue weighted by Gasteiger charge is 2.16. The van der Waals surface area contributed by atoms with Crippen LogP contribution in [-0.2, 0) is 4.79 Å². The summed E-state index contributed by atoms with van der Waals surface area (Å²) in [4.78, 5) is 22.9. The molecule has 2 rings (SSSR count). The molecule has 0 heterocycles. The summed E-state index contributed by atoms with van der Waals surface area (Å²) in [6, 6.07) is 9.92. The van der Waals surface area contributed by atoms with Crippen molar-refractivity contribution >= 4 is 40.6 Å². The fourth-order valence-electron chi connectivity index (χ4n) is 1.72. The molecule has 0 aliphatic rings.